The van der Waals surface area contributed by atoms with Gasteiger partial charge in [0.2, 0.25) is 5.91 Å². The maximum atomic E-state index is 12.9. The van der Waals surface area contributed by atoms with Crippen molar-refractivity contribution in [2.45, 2.75) is 19.9 Å². The van der Waals surface area contributed by atoms with E-state index in [4.69, 9.17) is 9.47 Å². The molecular formula is C17H19N3O4S. The third-order valence-electron chi connectivity index (χ3n) is 3.94. The lowest BCUT2D eigenvalue weighted by Gasteiger charge is -2.26. The number of aromatic nitrogens is 1. The largest absolute Gasteiger partial charge is 0.497 e. The second kappa shape index (κ2) is 7.10. The second-order valence-electron chi connectivity index (χ2n) is 5.61. The predicted octanol–water partition coefficient (Wildman–Crippen LogP) is 2.32. The van der Waals surface area contributed by atoms with Crippen LogP contribution >= 0.6 is 11.3 Å². The van der Waals surface area contributed by atoms with Crippen molar-refractivity contribution in [1.82, 2.24) is 9.88 Å². The van der Waals surface area contributed by atoms with Gasteiger partial charge in [-0.15, -0.1) is 0 Å². The Balaban J connectivity index is 1.80. The summed E-state index contributed by atoms with van der Waals surface area (Å²) in [5.41, 5.74) is 1.44. The maximum absolute atomic E-state index is 12.9. The summed E-state index contributed by atoms with van der Waals surface area (Å²) in [4.78, 5) is 31.2. The quantitative estimate of drug-likeness (QED) is 0.904. The SMILES string of the molecule is COc1ccc(C(=O)N2CCc3nc(NC(C)=O)sc3C2)c(OC)c1. The van der Waals surface area contributed by atoms with Crippen LogP contribution in [0.15, 0.2) is 18.2 Å². The summed E-state index contributed by atoms with van der Waals surface area (Å²) in [6.45, 7) is 2.50. The van der Waals surface area contributed by atoms with Gasteiger partial charge in [0.1, 0.15) is 11.5 Å². The molecule has 0 bridgehead atoms. The van der Waals surface area contributed by atoms with Crippen molar-refractivity contribution in [1.29, 1.82) is 0 Å². The molecule has 132 valence electrons. The van der Waals surface area contributed by atoms with Crippen LogP contribution < -0.4 is 14.8 Å². The van der Waals surface area contributed by atoms with Crippen molar-refractivity contribution in [3.8, 4) is 11.5 Å². The molecule has 25 heavy (non-hydrogen) atoms. The van der Waals surface area contributed by atoms with Crippen molar-refractivity contribution in [3.05, 3.63) is 34.3 Å². The van der Waals surface area contributed by atoms with Crippen molar-refractivity contribution >= 4 is 28.3 Å². The topological polar surface area (TPSA) is 80.8 Å². The molecule has 8 heteroatoms. The molecular weight excluding hydrogens is 342 g/mol. The molecule has 2 amide bonds. The number of thiazole rings is 1. The Hall–Kier alpha value is -2.61. The Morgan fingerprint density at radius 1 is 1.28 bits per heavy atom. The number of carbonyl (C=O) groups is 2. The Labute approximate surface area is 149 Å². The highest BCUT2D eigenvalue weighted by atomic mass is 32.1. The van der Waals surface area contributed by atoms with E-state index in [0.29, 0.717) is 41.7 Å². The number of hydrogen-bond acceptors (Lipinski definition) is 6. The first-order chi connectivity index (χ1) is 12.0. The van der Waals surface area contributed by atoms with Gasteiger partial charge in [0, 0.05) is 30.8 Å². The number of methoxy groups -OCH3 is 2. The van der Waals surface area contributed by atoms with Gasteiger partial charge in [-0.05, 0) is 12.1 Å². The van der Waals surface area contributed by atoms with Crippen molar-refractivity contribution in [2.24, 2.45) is 0 Å². The number of anilines is 1. The molecule has 2 aromatic rings. The highest BCUT2D eigenvalue weighted by Crippen LogP contribution is 2.31. The molecule has 0 radical (unpaired) electrons. The number of rotatable bonds is 4. The first kappa shape index (κ1) is 17.2. The molecule has 1 aromatic carbocycles. The summed E-state index contributed by atoms with van der Waals surface area (Å²) in [6, 6.07) is 5.15. The summed E-state index contributed by atoms with van der Waals surface area (Å²) in [5, 5.41) is 3.28. The summed E-state index contributed by atoms with van der Waals surface area (Å²) in [7, 11) is 3.10. The van der Waals surface area contributed by atoms with Crippen molar-refractivity contribution < 1.29 is 19.1 Å². The average molecular weight is 361 g/mol. The zero-order valence-electron chi connectivity index (χ0n) is 14.3. The van der Waals surface area contributed by atoms with E-state index in [9.17, 15) is 9.59 Å². The van der Waals surface area contributed by atoms with E-state index in [1.807, 2.05) is 0 Å². The van der Waals surface area contributed by atoms with Crippen LogP contribution in [0.5, 0.6) is 11.5 Å². The van der Waals surface area contributed by atoms with Crippen LogP contribution in [0.25, 0.3) is 0 Å². The number of nitrogens with zero attached hydrogens (tertiary/aromatic N) is 2. The Bertz CT molecular complexity index is 818. The molecule has 0 saturated heterocycles. The fourth-order valence-corrected chi connectivity index (χ4v) is 3.79. The number of carbonyl (C=O) groups excluding carboxylic acids is 2. The number of nitrogens with one attached hydrogen (secondary N) is 1. The van der Waals surface area contributed by atoms with Gasteiger partial charge in [-0.1, -0.05) is 11.3 Å². The molecule has 0 unspecified atom stereocenters. The first-order valence-electron chi connectivity index (χ1n) is 7.79. The minimum Gasteiger partial charge on any atom is -0.497 e. The monoisotopic (exact) mass is 361 g/mol. The Kier molecular flexibility index (Phi) is 4.89. The minimum atomic E-state index is -0.151. The summed E-state index contributed by atoms with van der Waals surface area (Å²) in [6.07, 6.45) is 0.662. The van der Waals surface area contributed by atoms with Gasteiger partial charge >= 0.3 is 0 Å². The third kappa shape index (κ3) is 3.58. The Morgan fingerprint density at radius 3 is 2.76 bits per heavy atom. The molecule has 2 heterocycles. The third-order valence-corrected chi connectivity index (χ3v) is 4.94. The molecule has 0 fully saturated rings. The van der Waals surface area contributed by atoms with Gasteiger partial charge in [-0.3, -0.25) is 9.59 Å². The van der Waals surface area contributed by atoms with Crippen LogP contribution in [0.4, 0.5) is 5.13 Å². The molecule has 0 saturated carbocycles. The van der Waals surface area contributed by atoms with Crippen LogP contribution in [0.2, 0.25) is 0 Å². The molecule has 1 aliphatic rings. The van der Waals surface area contributed by atoms with Crippen LogP contribution in [0, 0.1) is 0 Å². The lowest BCUT2D eigenvalue weighted by atomic mass is 10.1. The molecule has 1 aromatic heterocycles. The highest BCUT2D eigenvalue weighted by molar-refractivity contribution is 7.15. The first-order valence-corrected chi connectivity index (χ1v) is 8.61. The molecule has 7 nitrogen and oxygen atoms in total. The van der Waals surface area contributed by atoms with E-state index in [-0.39, 0.29) is 11.8 Å². The fraction of sp³-hybridized carbons (Fsp3) is 0.353. The van der Waals surface area contributed by atoms with Gasteiger partial charge in [0.15, 0.2) is 5.13 Å². The molecule has 0 aliphatic carbocycles. The van der Waals surface area contributed by atoms with Gasteiger partial charge in [0.25, 0.3) is 5.91 Å². The predicted molar refractivity (Wildman–Crippen MR) is 94.4 cm³/mol. The Morgan fingerprint density at radius 2 is 2.08 bits per heavy atom. The minimum absolute atomic E-state index is 0.0976. The fourth-order valence-electron chi connectivity index (χ4n) is 2.72. The van der Waals surface area contributed by atoms with E-state index in [2.05, 4.69) is 10.3 Å². The second-order valence-corrected chi connectivity index (χ2v) is 6.70. The van der Waals surface area contributed by atoms with Gasteiger partial charge in [-0.2, -0.15) is 0 Å². The summed E-state index contributed by atoms with van der Waals surface area (Å²) < 4.78 is 10.5. The van der Waals surface area contributed by atoms with E-state index in [1.54, 1.807) is 30.2 Å². The van der Waals surface area contributed by atoms with E-state index < -0.39 is 0 Å². The van der Waals surface area contributed by atoms with E-state index >= 15 is 0 Å². The zero-order valence-corrected chi connectivity index (χ0v) is 15.1. The maximum Gasteiger partial charge on any atom is 0.257 e. The van der Waals surface area contributed by atoms with Crippen LogP contribution in [-0.4, -0.2) is 42.5 Å². The lowest BCUT2D eigenvalue weighted by Crippen LogP contribution is -2.35. The summed E-state index contributed by atoms with van der Waals surface area (Å²) in [5.74, 6) is 0.872. The van der Waals surface area contributed by atoms with Crippen LogP contribution in [0.1, 0.15) is 27.9 Å². The van der Waals surface area contributed by atoms with E-state index in [0.717, 1.165) is 10.6 Å². The van der Waals surface area contributed by atoms with Crippen molar-refractivity contribution in [2.75, 3.05) is 26.1 Å². The van der Waals surface area contributed by atoms with Crippen LogP contribution in [-0.2, 0) is 17.8 Å². The lowest BCUT2D eigenvalue weighted by molar-refractivity contribution is -0.114. The highest BCUT2D eigenvalue weighted by Gasteiger charge is 2.27. The van der Waals surface area contributed by atoms with Crippen molar-refractivity contribution in [3.63, 3.8) is 0 Å². The number of hydrogen-bond donors (Lipinski definition) is 1. The molecule has 0 atom stereocenters. The molecule has 3 rings (SSSR count). The number of benzene rings is 1. The summed E-state index contributed by atoms with van der Waals surface area (Å²) >= 11 is 1.41. The number of ether oxygens (including phenoxy) is 2. The molecule has 1 N–H and O–H groups in total. The smallest absolute Gasteiger partial charge is 0.257 e. The van der Waals surface area contributed by atoms with Gasteiger partial charge in [0.05, 0.1) is 32.0 Å². The average Bonchev–Trinajstić information content (AvgIpc) is 3.00. The standard InChI is InChI=1S/C17H19N3O4S/c1-10(21)18-17-19-13-6-7-20(9-15(13)25-17)16(22)12-5-4-11(23-2)8-14(12)24-3/h4-5,8H,6-7,9H2,1-3H3,(H,18,19,21). The zero-order chi connectivity index (χ0) is 18.0. The molecule has 0 spiro atoms. The van der Waals surface area contributed by atoms with Gasteiger partial charge in [-0.25, -0.2) is 4.98 Å². The normalized spacial score (nSPS) is 13.2. The van der Waals surface area contributed by atoms with Gasteiger partial charge < -0.3 is 19.7 Å². The number of amides is 2. The van der Waals surface area contributed by atoms with E-state index in [1.165, 1.54) is 25.4 Å². The number of fused-ring (bicyclic) bond motifs is 1. The molecule has 1 aliphatic heterocycles. The van der Waals surface area contributed by atoms with Crippen LogP contribution in [0.3, 0.4) is 0 Å².